The lowest BCUT2D eigenvalue weighted by atomic mass is 9.72. The lowest BCUT2D eigenvalue weighted by molar-refractivity contribution is -0.136. The first-order valence-electron chi connectivity index (χ1n) is 12.3. The number of methoxy groups -OCH3 is 1. The van der Waals surface area contributed by atoms with E-state index in [0.717, 1.165) is 22.4 Å². The first-order chi connectivity index (χ1) is 17.9. The predicted molar refractivity (Wildman–Crippen MR) is 143 cm³/mol. The van der Waals surface area contributed by atoms with Crippen LogP contribution in [0.4, 0.5) is 0 Å². The average molecular weight is 514 g/mol. The highest BCUT2D eigenvalue weighted by Crippen LogP contribution is 2.46. The highest BCUT2D eigenvalue weighted by atomic mass is 35.5. The summed E-state index contributed by atoms with van der Waals surface area (Å²) < 4.78 is 11.1. The number of allylic oxidation sites excluding steroid dienone is 3. The van der Waals surface area contributed by atoms with Crippen LogP contribution in [0.3, 0.4) is 0 Å². The fourth-order valence-electron chi connectivity index (χ4n) is 5.22. The SMILES string of the molecule is COC(=O)C1=C(C)NC2=C(C(=O)C[C@H](c3ccc(Cl)cc3)C2)[C@H]1c1ccc(OCc2ccccc2)cc1. The summed E-state index contributed by atoms with van der Waals surface area (Å²) in [5.41, 5.74) is 5.64. The third-order valence-corrected chi connectivity index (χ3v) is 7.29. The molecule has 1 aliphatic heterocycles. The molecule has 5 rings (SSSR count). The molecule has 0 aromatic heterocycles. The fraction of sp³-hybridized carbons (Fsp3) is 0.226. The van der Waals surface area contributed by atoms with E-state index in [0.29, 0.717) is 47.1 Å². The van der Waals surface area contributed by atoms with Crippen molar-refractivity contribution in [2.75, 3.05) is 7.11 Å². The van der Waals surface area contributed by atoms with Crippen LogP contribution in [0.5, 0.6) is 5.75 Å². The molecule has 0 bridgehead atoms. The number of hydrogen-bond acceptors (Lipinski definition) is 5. The van der Waals surface area contributed by atoms with Crippen LogP contribution in [-0.2, 0) is 20.9 Å². The molecule has 1 N–H and O–H groups in total. The Morgan fingerprint density at radius 2 is 1.62 bits per heavy atom. The van der Waals surface area contributed by atoms with Crippen LogP contribution in [0, 0.1) is 0 Å². The molecule has 0 amide bonds. The Labute approximate surface area is 221 Å². The van der Waals surface area contributed by atoms with Crippen molar-refractivity contribution < 1.29 is 19.1 Å². The van der Waals surface area contributed by atoms with Gasteiger partial charge in [0.25, 0.3) is 0 Å². The number of nitrogens with one attached hydrogen (secondary N) is 1. The van der Waals surface area contributed by atoms with Gasteiger partial charge in [-0.15, -0.1) is 0 Å². The minimum absolute atomic E-state index is 0.0250. The summed E-state index contributed by atoms with van der Waals surface area (Å²) in [6.45, 7) is 2.32. The van der Waals surface area contributed by atoms with E-state index in [1.54, 1.807) is 0 Å². The average Bonchev–Trinajstić information content (AvgIpc) is 2.92. The number of halogens is 1. The second-order valence-corrected chi connectivity index (χ2v) is 9.84. The normalized spacial score (nSPS) is 19.3. The molecule has 0 radical (unpaired) electrons. The molecule has 1 heterocycles. The largest absolute Gasteiger partial charge is 0.489 e. The highest BCUT2D eigenvalue weighted by Gasteiger charge is 2.41. The molecule has 3 aromatic rings. The zero-order valence-corrected chi connectivity index (χ0v) is 21.5. The van der Waals surface area contributed by atoms with Gasteiger partial charge in [0.1, 0.15) is 12.4 Å². The molecule has 0 fully saturated rings. The number of esters is 1. The molecule has 0 saturated heterocycles. The van der Waals surface area contributed by atoms with Gasteiger partial charge in [-0.2, -0.15) is 0 Å². The minimum Gasteiger partial charge on any atom is -0.489 e. The van der Waals surface area contributed by atoms with Gasteiger partial charge >= 0.3 is 5.97 Å². The number of dihydropyridines is 1. The first kappa shape index (κ1) is 24.8. The third kappa shape index (κ3) is 5.18. The van der Waals surface area contributed by atoms with E-state index < -0.39 is 11.9 Å². The maximum atomic E-state index is 13.6. The molecule has 37 heavy (non-hydrogen) atoms. The molecule has 1 aliphatic carbocycles. The summed E-state index contributed by atoms with van der Waals surface area (Å²) in [6, 6.07) is 25.2. The molecule has 2 aliphatic rings. The number of carbonyl (C=O) groups is 2. The van der Waals surface area contributed by atoms with Gasteiger partial charge in [0.2, 0.25) is 0 Å². The fourth-order valence-corrected chi connectivity index (χ4v) is 5.35. The standard InChI is InChI=1S/C31H28ClNO4/c1-19-28(31(35)36-2)29(22-10-14-25(15-11-22)37-18-20-6-4-3-5-7-20)30-26(33-19)16-23(17-27(30)34)21-8-12-24(32)13-9-21/h3-15,23,29,33H,16-18H2,1-2H3/t23-,29+/m1/s1. The number of rotatable bonds is 6. The Balaban J connectivity index is 1.46. The zero-order valence-electron chi connectivity index (χ0n) is 20.8. The Morgan fingerprint density at radius 3 is 2.30 bits per heavy atom. The van der Waals surface area contributed by atoms with Gasteiger partial charge in [0.05, 0.1) is 12.7 Å². The van der Waals surface area contributed by atoms with Crippen LogP contribution in [0.2, 0.25) is 5.02 Å². The van der Waals surface area contributed by atoms with E-state index in [1.165, 1.54) is 7.11 Å². The van der Waals surface area contributed by atoms with E-state index in [4.69, 9.17) is 21.1 Å². The lowest BCUT2D eigenvalue weighted by Gasteiger charge is -2.36. The molecule has 2 atom stereocenters. The minimum atomic E-state index is -0.509. The van der Waals surface area contributed by atoms with Crippen LogP contribution in [0.15, 0.2) is 101 Å². The second kappa shape index (κ2) is 10.7. The highest BCUT2D eigenvalue weighted by molar-refractivity contribution is 6.30. The molecule has 0 unspecified atom stereocenters. The van der Waals surface area contributed by atoms with Crippen LogP contribution in [0.25, 0.3) is 0 Å². The van der Waals surface area contributed by atoms with E-state index in [9.17, 15) is 9.59 Å². The third-order valence-electron chi connectivity index (χ3n) is 7.04. The molecular formula is C31H28ClNO4. The lowest BCUT2D eigenvalue weighted by Crippen LogP contribution is -2.36. The Kier molecular flexibility index (Phi) is 7.15. The van der Waals surface area contributed by atoms with Crippen LogP contribution < -0.4 is 10.1 Å². The van der Waals surface area contributed by atoms with Crippen molar-refractivity contribution in [3.63, 3.8) is 0 Å². The molecule has 6 heteroatoms. The molecule has 5 nitrogen and oxygen atoms in total. The summed E-state index contributed by atoms with van der Waals surface area (Å²) in [4.78, 5) is 26.5. The number of carbonyl (C=O) groups excluding carboxylic acids is 2. The molecular weight excluding hydrogens is 486 g/mol. The van der Waals surface area contributed by atoms with E-state index in [-0.39, 0.29) is 11.7 Å². The monoisotopic (exact) mass is 513 g/mol. The molecule has 0 spiro atoms. The maximum Gasteiger partial charge on any atom is 0.336 e. The van der Waals surface area contributed by atoms with Gasteiger partial charge in [0.15, 0.2) is 5.78 Å². The summed E-state index contributed by atoms with van der Waals surface area (Å²) in [5.74, 6) is -0.173. The Morgan fingerprint density at radius 1 is 0.946 bits per heavy atom. The number of hydrogen-bond donors (Lipinski definition) is 1. The topological polar surface area (TPSA) is 64.6 Å². The van der Waals surface area contributed by atoms with Crippen LogP contribution in [-0.4, -0.2) is 18.9 Å². The van der Waals surface area contributed by atoms with Gasteiger partial charge in [0, 0.05) is 34.3 Å². The number of benzene rings is 3. The molecule has 3 aromatic carbocycles. The van der Waals surface area contributed by atoms with E-state index in [1.807, 2.05) is 85.8 Å². The van der Waals surface area contributed by atoms with Crippen molar-refractivity contribution in [3.8, 4) is 5.75 Å². The van der Waals surface area contributed by atoms with Crippen LogP contribution >= 0.6 is 11.6 Å². The van der Waals surface area contributed by atoms with Crippen molar-refractivity contribution in [2.45, 2.75) is 38.2 Å². The van der Waals surface area contributed by atoms with Gasteiger partial charge in [-0.25, -0.2) is 4.79 Å². The number of Topliss-reactive ketones (excluding diaryl/α,β-unsaturated/α-hetero) is 1. The van der Waals surface area contributed by atoms with Gasteiger partial charge in [-0.05, 0) is 60.2 Å². The zero-order chi connectivity index (χ0) is 25.9. The molecule has 188 valence electrons. The smallest absolute Gasteiger partial charge is 0.336 e. The predicted octanol–water partition coefficient (Wildman–Crippen LogP) is 6.45. The summed E-state index contributed by atoms with van der Waals surface area (Å²) >= 11 is 6.07. The van der Waals surface area contributed by atoms with Gasteiger partial charge in [-0.3, -0.25) is 4.79 Å². The van der Waals surface area contributed by atoms with Crippen molar-refractivity contribution in [3.05, 3.63) is 123 Å². The van der Waals surface area contributed by atoms with Crippen molar-refractivity contribution >= 4 is 23.4 Å². The number of ether oxygens (including phenoxy) is 2. The van der Waals surface area contributed by atoms with Crippen molar-refractivity contribution in [2.24, 2.45) is 0 Å². The van der Waals surface area contributed by atoms with E-state index >= 15 is 0 Å². The molecule has 0 saturated carbocycles. The van der Waals surface area contributed by atoms with Crippen LogP contribution in [0.1, 0.15) is 48.3 Å². The summed E-state index contributed by atoms with van der Waals surface area (Å²) in [7, 11) is 1.36. The Bertz CT molecular complexity index is 1370. The Hall–Kier alpha value is -3.83. The second-order valence-electron chi connectivity index (χ2n) is 9.40. The number of ketones is 1. The van der Waals surface area contributed by atoms with Gasteiger partial charge in [-0.1, -0.05) is 66.2 Å². The summed E-state index contributed by atoms with van der Waals surface area (Å²) in [6.07, 6.45) is 1.04. The van der Waals surface area contributed by atoms with E-state index in [2.05, 4.69) is 5.32 Å². The van der Waals surface area contributed by atoms with Gasteiger partial charge < -0.3 is 14.8 Å². The first-order valence-corrected chi connectivity index (χ1v) is 12.7. The quantitative estimate of drug-likeness (QED) is 0.383. The van der Waals surface area contributed by atoms with Crippen molar-refractivity contribution in [1.82, 2.24) is 5.32 Å². The summed E-state index contributed by atoms with van der Waals surface area (Å²) in [5, 5.41) is 4.03. The maximum absolute atomic E-state index is 13.6. The van der Waals surface area contributed by atoms with Crippen molar-refractivity contribution in [1.29, 1.82) is 0 Å².